The Hall–Kier alpha value is -2.36. The molecule has 0 radical (unpaired) electrons. The fourth-order valence-corrected chi connectivity index (χ4v) is 4.37. The minimum absolute atomic E-state index is 0.231. The Balaban J connectivity index is 1.40. The maximum atomic E-state index is 12.3. The average Bonchev–Trinajstić information content (AvgIpc) is 3.29. The lowest BCUT2D eigenvalue weighted by atomic mass is 10.2. The second-order valence-corrected chi connectivity index (χ2v) is 8.04. The molecule has 0 fully saturated rings. The van der Waals surface area contributed by atoms with Crippen LogP contribution in [0.15, 0.2) is 52.9 Å². The van der Waals surface area contributed by atoms with Gasteiger partial charge in [-0.15, -0.1) is 15.3 Å². The van der Waals surface area contributed by atoms with Gasteiger partial charge in [-0.05, 0) is 35.3 Å². The number of rotatable bonds is 5. The lowest BCUT2D eigenvalue weighted by Crippen LogP contribution is -2.11. The van der Waals surface area contributed by atoms with E-state index in [1.165, 1.54) is 28.4 Å². The predicted octanol–water partition coefficient (Wildman–Crippen LogP) is 4.09. The third-order valence-corrected chi connectivity index (χ3v) is 6.09. The van der Waals surface area contributed by atoms with Crippen LogP contribution in [-0.4, -0.2) is 25.7 Å². The van der Waals surface area contributed by atoms with Crippen molar-refractivity contribution in [2.45, 2.75) is 10.1 Å². The molecule has 124 valence electrons. The summed E-state index contributed by atoms with van der Waals surface area (Å²) in [5.41, 5.74) is 2.46. The quantitative estimate of drug-likeness (QED) is 0.412. The summed E-state index contributed by atoms with van der Waals surface area (Å²) >= 11 is 4.26. The zero-order valence-corrected chi connectivity index (χ0v) is 15.2. The molecular weight excluding hydrogens is 374 g/mol. The Morgan fingerprint density at radius 2 is 1.96 bits per heavy atom. The zero-order chi connectivity index (χ0) is 17.1. The van der Waals surface area contributed by atoms with Gasteiger partial charge in [-0.1, -0.05) is 57.9 Å². The Bertz CT molecular complexity index is 1010. The second-order valence-electron chi connectivity index (χ2n) is 5.06. The van der Waals surface area contributed by atoms with Crippen LogP contribution in [0.5, 0.6) is 0 Å². The first-order valence-electron chi connectivity index (χ1n) is 7.31. The average molecular weight is 385 g/mol. The van der Waals surface area contributed by atoms with E-state index < -0.39 is 0 Å². The molecule has 1 N–H and O–H groups in total. The molecule has 2 heterocycles. The third kappa shape index (κ3) is 3.84. The van der Waals surface area contributed by atoms with E-state index in [0.29, 0.717) is 16.2 Å². The highest BCUT2D eigenvalue weighted by Crippen LogP contribution is 2.28. The van der Waals surface area contributed by atoms with Crippen LogP contribution in [0.4, 0.5) is 5.13 Å². The van der Waals surface area contributed by atoms with Gasteiger partial charge in [0.2, 0.25) is 5.13 Å². The summed E-state index contributed by atoms with van der Waals surface area (Å²) < 4.78 is 5.64. The number of benzene rings is 2. The van der Waals surface area contributed by atoms with Crippen LogP contribution >= 0.6 is 34.6 Å². The first-order valence-corrected chi connectivity index (χ1v) is 9.89. The molecule has 0 aliphatic rings. The van der Waals surface area contributed by atoms with Crippen LogP contribution in [0.25, 0.3) is 10.2 Å². The number of carbonyl (C=O) groups excluding carboxylic acids is 1. The standard InChI is InChI=1S/C16H11N5OS3/c22-14(11-6-7-13-12(8-11)18-21-25-13)17-15-19-20-16(24-15)23-9-10-4-2-1-3-5-10/h1-8H,9H2,(H,17,19,22). The second kappa shape index (κ2) is 7.26. The number of fused-ring (bicyclic) bond motifs is 1. The molecule has 0 saturated carbocycles. The molecular formula is C16H11N5OS3. The van der Waals surface area contributed by atoms with Crippen molar-refractivity contribution in [1.29, 1.82) is 0 Å². The van der Waals surface area contributed by atoms with Crippen LogP contribution in [-0.2, 0) is 5.75 Å². The summed E-state index contributed by atoms with van der Waals surface area (Å²) in [6, 6.07) is 15.5. The lowest BCUT2D eigenvalue weighted by Gasteiger charge is -2.00. The van der Waals surface area contributed by atoms with Gasteiger partial charge in [-0.3, -0.25) is 10.1 Å². The highest BCUT2D eigenvalue weighted by atomic mass is 32.2. The summed E-state index contributed by atoms with van der Waals surface area (Å²) in [5.74, 6) is 0.586. The number of carbonyl (C=O) groups is 1. The molecule has 1 amide bonds. The van der Waals surface area contributed by atoms with Crippen molar-refractivity contribution in [2.75, 3.05) is 5.32 Å². The van der Waals surface area contributed by atoms with Crippen LogP contribution in [0, 0.1) is 0 Å². The Labute approximate surface area is 155 Å². The summed E-state index contributed by atoms with van der Waals surface area (Å²) in [5, 5.41) is 15.4. The number of hydrogen-bond donors (Lipinski definition) is 1. The van der Waals surface area contributed by atoms with Gasteiger partial charge in [0.1, 0.15) is 5.52 Å². The van der Waals surface area contributed by atoms with Crippen molar-refractivity contribution in [3.63, 3.8) is 0 Å². The molecule has 0 bridgehead atoms. The molecule has 0 spiro atoms. The van der Waals surface area contributed by atoms with Crippen LogP contribution < -0.4 is 5.32 Å². The number of nitrogens with one attached hydrogen (secondary N) is 1. The van der Waals surface area contributed by atoms with Gasteiger partial charge in [0.05, 0.1) is 4.70 Å². The zero-order valence-electron chi connectivity index (χ0n) is 12.7. The van der Waals surface area contributed by atoms with Crippen molar-refractivity contribution in [3.05, 3.63) is 59.7 Å². The third-order valence-electron chi connectivity index (χ3n) is 3.34. The van der Waals surface area contributed by atoms with Crippen molar-refractivity contribution < 1.29 is 4.79 Å². The first-order chi connectivity index (χ1) is 12.3. The lowest BCUT2D eigenvalue weighted by molar-refractivity contribution is 0.102. The monoisotopic (exact) mass is 385 g/mol. The van der Waals surface area contributed by atoms with Crippen LogP contribution in [0.3, 0.4) is 0 Å². The van der Waals surface area contributed by atoms with Gasteiger partial charge in [0.25, 0.3) is 5.91 Å². The van der Waals surface area contributed by atoms with E-state index in [1.807, 2.05) is 24.3 Å². The highest BCUT2D eigenvalue weighted by Gasteiger charge is 2.12. The van der Waals surface area contributed by atoms with Gasteiger partial charge < -0.3 is 0 Å². The minimum atomic E-state index is -0.231. The van der Waals surface area contributed by atoms with Gasteiger partial charge in [-0.2, -0.15) is 0 Å². The molecule has 0 saturated heterocycles. The van der Waals surface area contributed by atoms with E-state index in [-0.39, 0.29) is 5.91 Å². The number of anilines is 1. The van der Waals surface area contributed by atoms with Crippen LogP contribution in [0.2, 0.25) is 0 Å². The van der Waals surface area contributed by atoms with Crippen molar-refractivity contribution in [2.24, 2.45) is 0 Å². The van der Waals surface area contributed by atoms with E-state index in [1.54, 1.807) is 23.9 Å². The molecule has 4 aromatic rings. The number of nitrogens with zero attached hydrogens (tertiary/aromatic N) is 4. The predicted molar refractivity (Wildman–Crippen MR) is 101 cm³/mol. The van der Waals surface area contributed by atoms with Crippen molar-refractivity contribution >= 4 is 55.9 Å². The molecule has 2 aromatic carbocycles. The summed E-state index contributed by atoms with van der Waals surface area (Å²) in [6.07, 6.45) is 0. The number of amides is 1. The molecule has 0 aliphatic heterocycles. The summed E-state index contributed by atoms with van der Waals surface area (Å²) in [6.45, 7) is 0. The largest absolute Gasteiger partial charge is 0.296 e. The SMILES string of the molecule is O=C(Nc1nnc(SCc2ccccc2)s1)c1ccc2snnc2c1. The molecule has 6 nitrogen and oxygen atoms in total. The Morgan fingerprint density at radius 1 is 1.08 bits per heavy atom. The van der Waals surface area contributed by atoms with Crippen LogP contribution in [0.1, 0.15) is 15.9 Å². The van der Waals surface area contributed by atoms with Gasteiger partial charge >= 0.3 is 0 Å². The smallest absolute Gasteiger partial charge is 0.257 e. The Kier molecular flexibility index (Phi) is 4.68. The maximum absolute atomic E-state index is 12.3. The highest BCUT2D eigenvalue weighted by molar-refractivity contribution is 8.00. The molecule has 25 heavy (non-hydrogen) atoms. The normalized spacial score (nSPS) is 10.9. The van der Waals surface area contributed by atoms with Gasteiger partial charge in [0.15, 0.2) is 4.34 Å². The molecule has 0 atom stereocenters. The van der Waals surface area contributed by atoms with E-state index >= 15 is 0 Å². The molecule has 4 rings (SSSR count). The number of aromatic nitrogens is 4. The Morgan fingerprint density at radius 3 is 2.84 bits per heavy atom. The maximum Gasteiger partial charge on any atom is 0.257 e. The summed E-state index contributed by atoms with van der Waals surface area (Å²) in [4.78, 5) is 12.3. The topological polar surface area (TPSA) is 80.7 Å². The molecule has 0 aliphatic carbocycles. The van der Waals surface area contributed by atoms with Gasteiger partial charge in [-0.25, -0.2) is 0 Å². The fraction of sp³-hybridized carbons (Fsp3) is 0.0625. The minimum Gasteiger partial charge on any atom is -0.296 e. The number of thioether (sulfide) groups is 1. The van der Waals surface area contributed by atoms with E-state index in [9.17, 15) is 4.79 Å². The fourth-order valence-electron chi connectivity index (χ4n) is 2.13. The molecule has 0 unspecified atom stereocenters. The molecule has 9 heteroatoms. The van der Waals surface area contributed by atoms with E-state index in [2.05, 4.69) is 37.2 Å². The van der Waals surface area contributed by atoms with E-state index in [4.69, 9.17) is 0 Å². The number of hydrogen-bond acceptors (Lipinski definition) is 8. The van der Waals surface area contributed by atoms with Gasteiger partial charge in [0, 0.05) is 11.3 Å². The van der Waals surface area contributed by atoms with E-state index in [0.717, 1.165) is 14.8 Å². The van der Waals surface area contributed by atoms with Crippen molar-refractivity contribution in [3.8, 4) is 0 Å². The molecule has 2 aromatic heterocycles. The first kappa shape index (κ1) is 16.1. The summed E-state index contributed by atoms with van der Waals surface area (Å²) in [7, 11) is 0. The van der Waals surface area contributed by atoms with Crippen molar-refractivity contribution in [1.82, 2.24) is 19.8 Å².